The number of hydrogen-bond donors (Lipinski definition) is 2. The summed E-state index contributed by atoms with van der Waals surface area (Å²) in [7, 11) is 0. The number of hydrazone groups is 1. The molecule has 0 radical (unpaired) electrons. The standard InChI is InChI=1S/C23H19N3O4/c27-22(12-16-6-2-1-3-7-16)25-24-13-17-14-26(20-9-5-4-8-19(17)20)15-18-10-11-21(30-18)23(28)29/h1-11,13-14H,12,15H2,(H,25,27)(H,28,29)/b24-13-. The van der Waals surface area contributed by atoms with Gasteiger partial charge in [-0.25, -0.2) is 10.2 Å². The number of carbonyl (C=O) groups is 2. The Balaban J connectivity index is 1.50. The van der Waals surface area contributed by atoms with Crippen molar-refractivity contribution < 1.29 is 19.1 Å². The van der Waals surface area contributed by atoms with Crippen molar-refractivity contribution in [2.75, 3.05) is 0 Å². The number of nitrogens with zero attached hydrogens (tertiary/aromatic N) is 2. The van der Waals surface area contributed by atoms with Gasteiger partial charge in [0.05, 0.1) is 19.2 Å². The maximum Gasteiger partial charge on any atom is 0.371 e. The lowest BCUT2D eigenvalue weighted by Crippen LogP contribution is -2.19. The number of hydrogen-bond acceptors (Lipinski definition) is 4. The summed E-state index contributed by atoms with van der Waals surface area (Å²) in [4.78, 5) is 23.1. The second-order valence-corrected chi connectivity index (χ2v) is 6.76. The van der Waals surface area contributed by atoms with E-state index in [4.69, 9.17) is 9.52 Å². The zero-order valence-electron chi connectivity index (χ0n) is 16.0. The third-order valence-electron chi connectivity index (χ3n) is 4.62. The summed E-state index contributed by atoms with van der Waals surface area (Å²) >= 11 is 0. The molecule has 0 bridgehead atoms. The lowest BCUT2D eigenvalue weighted by molar-refractivity contribution is -0.120. The average molecular weight is 401 g/mol. The van der Waals surface area contributed by atoms with Crippen molar-refractivity contribution in [3.63, 3.8) is 0 Å². The molecule has 150 valence electrons. The molecule has 0 aliphatic heterocycles. The van der Waals surface area contributed by atoms with Crippen LogP contribution < -0.4 is 5.43 Å². The number of carboxylic acids is 1. The van der Waals surface area contributed by atoms with E-state index in [1.165, 1.54) is 6.07 Å². The largest absolute Gasteiger partial charge is 0.475 e. The highest BCUT2D eigenvalue weighted by atomic mass is 16.4. The van der Waals surface area contributed by atoms with E-state index in [0.29, 0.717) is 12.3 Å². The maximum absolute atomic E-state index is 12.1. The monoisotopic (exact) mass is 401 g/mol. The molecule has 0 unspecified atom stereocenters. The van der Waals surface area contributed by atoms with Crippen LogP contribution in [-0.2, 0) is 17.8 Å². The van der Waals surface area contributed by atoms with Crippen LogP contribution in [0.1, 0.15) is 27.4 Å². The minimum Gasteiger partial charge on any atom is -0.475 e. The van der Waals surface area contributed by atoms with Gasteiger partial charge in [-0.05, 0) is 23.8 Å². The molecule has 0 saturated carbocycles. The molecule has 30 heavy (non-hydrogen) atoms. The summed E-state index contributed by atoms with van der Waals surface area (Å²) in [5.74, 6) is -0.854. The second kappa shape index (κ2) is 8.48. The topological polar surface area (TPSA) is 96.8 Å². The summed E-state index contributed by atoms with van der Waals surface area (Å²) in [6, 6.07) is 20.3. The molecule has 2 aromatic carbocycles. The van der Waals surface area contributed by atoms with Crippen LogP contribution in [0.2, 0.25) is 0 Å². The van der Waals surface area contributed by atoms with Gasteiger partial charge >= 0.3 is 5.97 Å². The van der Waals surface area contributed by atoms with E-state index in [2.05, 4.69) is 10.5 Å². The van der Waals surface area contributed by atoms with Gasteiger partial charge in [0.25, 0.3) is 0 Å². The Morgan fingerprint density at radius 1 is 1.03 bits per heavy atom. The Kier molecular flexibility index (Phi) is 5.43. The molecule has 2 N–H and O–H groups in total. The second-order valence-electron chi connectivity index (χ2n) is 6.76. The van der Waals surface area contributed by atoms with Gasteiger partial charge in [0.2, 0.25) is 11.7 Å². The molecule has 0 aliphatic carbocycles. The van der Waals surface area contributed by atoms with Gasteiger partial charge in [0.15, 0.2) is 0 Å². The molecular formula is C23H19N3O4. The van der Waals surface area contributed by atoms with Crippen LogP contribution in [0.3, 0.4) is 0 Å². The van der Waals surface area contributed by atoms with E-state index in [-0.39, 0.29) is 18.1 Å². The highest BCUT2D eigenvalue weighted by Crippen LogP contribution is 2.22. The van der Waals surface area contributed by atoms with Crippen LogP contribution in [0, 0.1) is 0 Å². The highest BCUT2D eigenvalue weighted by molar-refractivity contribution is 5.99. The molecule has 0 atom stereocenters. The fourth-order valence-corrected chi connectivity index (χ4v) is 3.25. The number of para-hydroxylation sites is 1. The Morgan fingerprint density at radius 2 is 1.80 bits per heavy atom. The molecule has 0 aliphatic rings. The van der Waals surface area contributed by atoms with Gasteiger partial charge in [-0.2, -0.15) is 5.10 Å². The Morgan fingerprint density at radius 3 is 2.57 bits per heavy atom. The summed E-state index contributed by atoms with van der Waals surface area (Å²) < 4.78 is 7.32. The number of aromatic carboxylic acids is 1. The number of rotatable bonds is 7. The Hall–Kier alpha value is -4.13. The normalized spacial score (nSPS) is 11.2. The van der Waals surface area contributed by atoms with Gasteiger partial charge in [0, 0.05) is 22.7 Å². The first-order valence-electron chi connectivity index (χ1n) is 9.36. The van der Waals surface area contributed by atoms with E-state index < -0.39 is 5.97 Å². The predicted molar refractivity (Wildman–Crippen MR) is 113 cm³/mol. The van der Waals surface area contributed by atoms with Crippen molar-refractivity contribution in [1.29, 1.82) is 0 Å². The SMILES string of the molecule is O=C(Cc1ccccc1)N/N=C\c1cn(Cc2ccc(C(=O)O)o2)c2ccccc12. The number of carboxylic acid groups (broad SMARTS) is 1. The minimum absolute atomic E-state index is 0.0932. The summed E-state index contributed by atoms with van der Waals surface area (Å²) in [5.41, 5.74) is 5.25. The quantitative estimate of drug-likeness (QED) is 0.365. The highest BCUT2D eigenvalue weighted by Gasteiger charge is 2.12. The molecule has 0 spiro atoms. The molecule has 7 nitrogen and oxygen atoms in total. The number of benzene rings is 2. The molecular weight excluding hydrogens is 382 g/mol. The number of nitrogens with one attached hydrogen (secondary N) is 1. The van der Waals surface area contributed by atoms with Crippen molar-refractivity contribution in [2.45, 2.75) is 13.0 Å². The van der Waals surface area contributed by atoms with E-state index in [1.54, 1.807) is 12.3 Å². The van der Waals surface area contributed by atoms with E-state index in [1.807, 2.05) is 65.4 Å². The molecule has 0 fully saturated rings. The fourth-order valence-electron chi connectivity index (χ4n) is 3.25. The van der Waals surface area contributed by atoms with Gasteiger partial charge < -0.3 is 14.1 Å². The number of amides is 1. The molecule has 2 heterocycles. The van der Waals surface area contributed by atoms with Gasteiger partial charge in [0.1, 0.15) is 5.76 Å². The van der Waals surface area contributed by atoms with E-state index >= 15 is 0 Å². The zero-order chi connectivity index (χ0) is 20.9. The number of carbonyl (C=O) groups excluding carboxylic acids is 1. The first-order valence-corrected chi connectivity index (χ1v) is 9.36. The van der Waals surface area contributed by atoms with Crippen LogP contribution in [0.4, 0.5) is 0 Å². The zero-order valence-corrected chi connectivity index (χ0v) is 16.0. The molecule has 4 aromatic rings. The Labute approximate surface area is 172 Å². The third kappa shape index (κ3) is 4.30. The van der Waals surface area contributed by atoms with Crippen molar-refractivity contribution in [2.24, 2.45) is 5.10 Å². The first-order chi connectivity index (χ1) is 14.6. The van der Waals surface area contributed by atoms with Gasteiger partial charge in [-0.1, -0.05) is 48.5 Å². The molecule has 7 heteroatoms. The fraction of sp³-hybridized carbons (Fsp3) is 0.0870. The third-order valence-corrected chi connectivity index (χ3v) is 4.62. The van der Waals surface area contributed by atoms with Crippen molar-refractivity contribution in [3.8, 4) is 0 Å². The van der Waals surface area contributed by atoms with Crippen LogP contribution in [0.25, 0.3) is 10.9 Å². The van der Waals surface area contributed by atoms with E-state index in [9.17, 15) is 9.59 Å². The van der Waals surface area contributed by atoms with Crippen LogP contribution >= 0.6 is 0 Å². The maximum atomic E-state index is 12.1. The van der Waals surface area contributed by atoms with Gasteiger partial charge in [-0.3, -0.25) is 4.79 Å². The van der Waals surface area contributed by atoms with Crippen molar-refractivity contribution >= 4 is 29.0 Å². The first kappa shape index (κ1) is 19.2. The number of aromatic nitrogens is 1. The Bertz CT molecular complexity index is 1220. The average Bonchev–Trinajstić information content (AvgIpc) is 3.35. The summed E-state index contributed by atoms with van der Waals surface area (Å²) in [5, 5.41) is 14.1. The van der Waals surface area contributed by atoms with E-state index in [0.717, 1.165) is 22.0 Å². The van der Waals surface area contributed by atoms with Crippen LogP contribution in [0.15, 0.2) is 82.4 Å². The molecule has 1 amide bonds. The lowest BCUT2D eigenvalue weighted by Gasteiger charge is -2.02. The number of furan rings is 1. The van der Waals surface area contributed by atoms with Crippen LogP contribution in [0.5, 0.6) is 0 Å². The summed E-state index contributed by atoms with van der Waals surface area (Å²) in [6.07, 6.45) is 3.75. The van der Waals surface area contributed by atoms with Crippen molar-refractivity contribution in [1.82, 2.24) is 9.99 Å². The minimum atomic E-state index is -1.10. The predicted octanol–water partition coefficient (Wildman–Crippen LogP) is 3.67. The smallest absolute Gasteiger partial charge is 0.371 e. The molecule has 0 saturated heterocycles. The molecule has 2 aromatic heterocycles. The molecule has 4 rings (SSSR count). The van der Waals surface area contributed by atoms with Crippen LogP contribution in [-0.4, -0.2) is 27.8 Å². The van der Waals surface area contributed by atoms with Gasteiger partial charge in [-0.15, -0.1) is 0 Å². The lowest BCUT2D eigenvalue weighted by atomic mass is 10.1. The number of fused-ring (bicyclic) bond motifs is 1. The summed E-state index contributed by atoms with van der Waals surface area (Å²) in [6.45, 7) is 0.377. The van der Waals surface area contributed by atoms with Crippen molar-refractivity contribution in [3.05, 3.63) is 95.6 Å².